The Kier molecular flexibility index (Phi) is 3.32. The summed E-state index contributed by atoms with van der Waals surface area (Å²) >= 11 is 0. The fraction of sp³-hybridized carbons (Fsp3) is 0.538. The summed E-state index contributed by atoms with van der Waals surface area (Å²) < 4.78 is 13.7. The van der Waals surface area contributed by atoms with Crippen LogP contribution in [0.25, 0.3) is 0 Å². The van der Waals surface area contributed by atoms with Gasteiger partial charge < -0.3 is 10.6 Å². The van der Waals surface area contributed by atoms with E-state index in [0.717, 1.165) is 12.8 Å². The molecule has 0 heterocycles. The predicted molar refractivity (Wildman–Crippen MR) is 66.1 cm³/mol. The molecule has 88 valence electrons. The van der Waals surface area contributed by atoms with E-state index < -0.39 is 0 Å². The molecule has 1 aliphatic rings. The number of hydrogen-bond donors (Lipinski definition) is 1. The second-order valence-corrected chi connectivity index (χ2v) is 4.58. The van der Waals surface area contributed by atoms with Crippen LogP contribution in [0, 0.1) is 5.82 Å². The van der Waals surface area contributed by atoms with Crippen molar-refractivity contribution in [1.29, 1.82) is 0 Å². The van der Waals surface area contributed by atoms with Crippen molar-refractivity contribution in [3.05, 3.63) is 24.0 Å². The minimum absolute atomic E-state index is 0.215. The lowest BCUT2D eigenvalue weighted by Gasteiger charge is -2.33. The molecule has 1 aromatic rings. The molecule has 1 fully saturated rings. The molecule has 0 saturated heterocycles. The van der Waals surface area contributed by atoms with Crippen molar-refractivity contribution in [2.45, 2.75) is 38.1 Å². The summed E-state index contributed by atoms with van der Waals surface area (Å²) in [7, 11) is 1.95. The first-order valence-corrected chi connectivity index (χ1v) is 5.97. The largest absolute Gasteiger partial charge is 0.397 e. The van der Waals surface area contributed by atoms with E-state index in [2.05, 4.69) is 0 Å². The monoisotopic (exact) mass is 222 g/mol. The first-order valence-electron chi connectivity index (χ1n) is 5.97. The molecule has 0 aromatic heterocycles. The number of rotatable bonds is 2. The van der Waals surface area contributed by atoms with E-state index in [1.807, 2.05) is 11.9 Å². The molecule has 1 saturated carbocycles. The van der Waals surface area contributed by atoms with Gasteiger partial charge in [0.15, 0.2) is 0 Å². The van der Waals surface area contributed by atoms with Gasteiger partial charge in [0.1, 0.15) is 5.82 Å². The normalized spacial score (nSPS) is 17.4. The lowest BCUT2D eigenvalue weighted by atomic mass is 9.94. The van der Waals surface area contributed by atoms with Crippen molar-refractivity contribution in [1.82, 2.24) is 0 Å². The lowest BCUT2D eigenvalue weighted by Crippen LogP contribution is -2.34. The van der Waals surface area contributed by atoms with E-state index >= 15 is 0 Å². The average Bonchev–Trinajstić information content (AvgIpc) is 2.30. The van der Waals surface area contributed by atoms with Crippen molar-refractivity contribution in [2.75, 3.05) is 17.7 Å². The highest BCUT2D eigenvalue weighted by Crippen LogP contribution is 2.31. The molecule has 16 heavy (non-hydrogen) atoms. The quantitative estimate of drug-likeness (QED) is 0.779. The molecular formula is C13H19FN2. The molecule has 0 amide bonds. The zero-order valence-corrected chi connectivity index (χ0v) is 9.75. The second-order valence-electron chi connectivity index (χ2n) is 4.58. The molecule has 0 unspecified atom stereocenters. The highest BCUT2D eigenvalue weighted by Gasteiger charge is 2.21. The predicted octanol–water partition coefficient (Wildman–Crippen LogP) is 3.18. The van der Waals surface area contributed by atoms with Gasteiger partial charge in [0.25, 0.3) is 0 Å². The Morgan fingerprint density at radius 3 is 2.56 bits per heavy atom. The van der Waals surface area contributed by atoms with Gasteiger partial charge in [0, 0.05) is 13.1 Å². The first-order chi connectivity index (χ1) is 7.70. The molecule has 0 bridgehead atoms. The van der Waals surface area contributed by atoms with E-state index in [-0.39, 0.29) is 5.82 Å². The van der Waals surface area contributed by atoms with Gasteiger partial charge in [-0.05, 0) is 25.0 Å². The molecule has 0 atom stereocenters. The Labute approximate surface area is 96.2 Å². The number of para-hydroxylation sites is 1. The second kappa shape index (κ2) is 4.73. The molecule has 2 rings (SSSR count). The van der Waals surface area contributed by atoms with Crippen LogP contribution >= 0.6 is 0 Å². The maximum absolute atomic E-state index is 13.7. The van der Waals surface area contributed by atoms with Crippen molar-refractivity contribution < 1.29 is 4.39 Å². The summed E-state index contributed by atoms with van der Waals surface area (Å²) in [4.78, 5) is 2.02. The third-order valence-electron chi connectivity index (χ3n) is 3.49. The smallest absolute Gasteiger partial charge is 0.148 e. The molecule has 1 aliphatic carbocycles. The Morgan fingerprint density at radius 1 is 1.25 bits per heavy atom. The van der Waals surface area contributed by atoms with E-state index in [9.17, 15) is 4.39 Å². The summed E-state index contributed by atoms with van der Waals surface area (Å²) in [5, 5.41) is 0. The third-order valence-corrected chi connectivity index (χ3v) is 3.49. The maximum Gasteiger partial charge on any atom is 0.148 e. The summed E-state index contributed by atoms with van der Waals surface area (Å²) in [6, 6.07) is 5.33. The summed E-state index contributed by atoms with van der Waals surface area (Å²) in [5.74, 6) is -0.215. The lowest BCUT2D eigenvalue weighted by molar-refractivity contribution is 0.424. The van der Waals surface area contributed by atoms with Crippen molar-refractivity contribution in [3.8, 4) is 0 Å². The van der Waals surface area contributed by atoms with Crippen LogP contribution in [0.4, 0.5) is 15.8 Å². The SMILES string of the molecule is CN(c1c(N)cccc1F)C1CCCCC1. The highest BCUT2D eigenvalue weighted by molar-refractivity contribution is 5.68. The van der Waals surface area contributed by atoms with Gasteiger partial charge in [-0.15, -0.1) is 0 Å². The van der Waals surface area contributed by atoms with Gasteiger partial charge in [-0.2, -0.15) is 0 Å². The van der Waals surface area contributed by atoms with Crippen LogP contribution < -0.4 is 10.6 Å². The van der Waals surface area contributed by atoms with Crippen LogP contribution in [0.3, 0.4) is 0 Å². The summed E-state index contributed by atoms with van der Waals surface area (Å²) in [5.41, 5.74) is 6.95. The minimum atomic E-state index is -0.215. The standard InChI is InChI=1S/C13H19FN2/c1-16(10-6-3-2-4-7-10)13-11(14)8-5-9-12(13)15/h5,8-10H,2-4,6-7,15H2,1H3. The Morgan fingerprint density at radius 2 is 1.94 bits per heavy atom. The van der Waals surface area contributed by atoms with Gasteiger partial charge in [-0.3, -0.25) is 0 Å². The van der Waals surface area contributed by atoms with Gasteiger partial charge in [0.05, 0.1) is 11.4 Å². The fourth-order valence-corrected chi connectivity index (χ4v) is 2.56. The zero-order chi connectivity index (χ0) is 11.5. The number of anilines is 2. The average molecular weight is 222 g/mol. The van der Waals surface area contributed by atoms with Crippen LogP contribution in [0.15, 0.2) is 18.2 Å². The topological polar surface area (TPSA) is 29.3 Å². The molecule has 1 aromatic carbocycles. The zero-order valence-electron chi connectivity index (χ0n) is 9.75. The van der Waals surface area contributed by atoms with Crippen LogP contribution in [0.1, 0.15) is 32.1 Å². The van der Waals surface area contributed by atoms with Gasteiger partial charge in [-0.1, -0.05) is 25.3 Å². The summed E-state index contributed by atoms with van der Waals surface area (Å²) in [6.45, 7) is 0. The molecule has 3 heteroatoms. The van der Waals surface area contributed by atoms with E-state index in [4.69, 9.17) is 5.73 Å². The number of nitrogens with two attached hydrogens (primary N) is 1. The number of nitrogens with zero attached hydrogens (tertiary/aromatic N) is 1. The minimum Gasteiger partial charge on any atom is -0.397 e. The first kappa shape index (κ1) is 11.2. The van der Waals surface area contributed by atoms with Gasteiger partial charge >= 0.3 is 0 Å². The number of hydrogen-bond acceptors (Lipinski definition) is 2. The van der Waals surface area contributed by atoms with Crippen molar-refractivity contribution >= 4 is 11.4 Å². The van der Waals surface area contributed by atoms with E-state index in [1.165, 1.54) is 25.3 Å². The number of nitrogen functional groups attached to an aromatic ring is 1. The van der Waals surface area contributed by atoms with Crippen LogP contribution in [0.2, 0.25) is 0 Å². The maximum atomic E-state index is 13.7. The Balaban J connectivity index is 2.22. The molecule has 2 N–H and O–H groups in total. The van der Waals surface area contributed by atoms with Crippen molar-refractivity contribution in [2.24, 2.45) is 0 Å². The van der Waals surface area contributed by atoms with Crippen molar-refractivity contribution in [3.63, 3.8) is 0 Å². The van der Waals surface area contributed by atoms with Crippen LogP contribution in [-0.2, 0) is 0 Å². The molecule has 0 aliphatic heterocycles. The Bertz CT molecular complexity index is 339. The number of benzene rings is 1. The van der Waals surface area contributed by atoms with Crippen LogP contribution in [-0.4, -0.2) is 13.1 Å². The van der Waals surface area contributed by atoms with E-state index in [0.29, 0.717) is 17.4 Å². The van der Waals surface area contributed by atoms with E-state index in [1.54, 1.807) is 12.1 Å². The van der Waals surface area contributed by atoms with Crippen LogP contribution in [0.5, 0.6) is 0 Å². The molecule has 2 nitrogen and oxygen atoms in total. The number of halogens is 1. The molecular weight excluding hydrogens is 203 g/mol. The highest BCUT2D eigenvalue weighted by atomic mass is 19.1. The molecule has 0 radical (unpaired) electrons. The molecule has 0 spiro atoms. The third kappa shape index (κ3) is 2.13. The summed E-state index contributed by atoms with van der Waals surface area (Å²) in [6.07, 6.45) is 6.07. The van der Waals surface area contributed by atoms with Gasteiger partial charge in [0.2, 0.25) is 0 Å². The fourth-order valence-electron chi connectivity index (χ4n) is 2.56. The van der Waals surface area contributed by atoms with Gasteiger partial charge in [-0.25, -0.2) is 4.39 Å². The Hall–Kier alpha value is -1.25.